The fraction of sp³-hybridized carbons (Fsp3) is 0.143. The third kappa shape index (κ3) is 4.04. The molecule has 0 aliphatic heterocycles. The first-order chi connectivity index (χ1) is 12.1. The van der Waals surface area contributed by atoms with Crippen molar-refractivity contribution in [3.63, 3.8) is 0 Å². The Hall–Kier alpha value is -3.14. The standard InChI is InChI=1S/C21H22N4/c1-24(19-13-7-4-8-14-19)21(22)25(2)20-15-9-12-18(23-20)16-17-10-5-3-6-11-17/h3-15,22H,16H2,1-2H3. The van der Waals surface area contributed by atoms with Gasteiger partial charge in [-0.05, 0) is 29.8 Å². The van der Waals surface area contributed by atoms with Gasteiger partial charge in [-0.25, -0.2) is 4.98 Å². The van der Waals surface area contributed by atoms with Crippen molar-refractivity contribution in [2.24, 2.45) is 0 Å². The molecule has 4 heteroatoms. The molecule has 25 heavy (non-hydrogen) atoms. The summed E-state index contributed by atoms with van der Waals surface area (Å²) in [5.74, 6) is 1.14. The number of pyridine rings is 1. The minimum absolute atomic E-state index is 0.371. The van der Waals surface area contributed by atoms with Crippen LogP contribution in [0, 0.1) is 5.41 Å². The quantitative estimate of drug-likeness (QED) is 0.576. The smallest absolute Gasteiger partial charge is 0.203 e. The van der Waals surface area contributed by atoms with E-state index < -0.39 is 0 Å². The molecule has 0 aliphatic rings. The molecule has 3 aromatic rings. The van der Waals surface area contributed by atoms with E-state index in [9.17, 15) is 0 Å². The molecule has 0 saturated heterocycles. The normalized spacial score (nSPS) is 10.3. The van der Waals surface area contributed by atoms with Crippen LogP contribution < -0.4 is 9.80 Å². The molecule has 3 rings (SSSR count). The lowest BCUT2D eigenvalue weighted by molar-refractivity contribution is 1.02. The van der Waals surface area contributed by atoms with Gasteiger partial charge < -0.3 is 4.90 Å². The Kier molecular flexibility index (Phi) is 5.09. The zero-order chi connectivity index (χ0) is 17.6. The first-order valence-corrected chi connectivity index (χ1v) is 8.26. The Morgan fingerprint density at radius 2 is 1.44 bits per heavy atom. The second kappa shape index (κ2) is 7.62. The number of hydrogen-bond acceptors (Lipinski definition) is 2. The van der Waals surface area contributed by atoms with Crippen LogP contribution in [0.2, 0.25) is 0 Å². The monoisotopic (exact) mass is 330 g/mol. The third-order valence-corrected chi connectivity index (χ3v) is 4.14. The number of aromatic nitrogens is 1. The van der Waals surface area contributed by atoms with Crippen LogP contribution in [0.3, 0.4) is 0 Å². The van der Waals surface area contributed by atoms with Crippen molar-refractivity contribution in [2.75, 3.05) is 23.9 Å². The molecule has 0 fully saturated rings. The summed E-state index contributed by atoms with van der Waals surface area (Å²) in [6, 6.07) is 26.1. The number of guanidine groups is 1. The molecule has 0 bridgehead atoms. The Morgan fingerprint density at radius 1 is 0.800 bits per heavy atom. The molecule has 0 saturated carbocycles. The minimum Gasteiger partial charge on any atom is -0.315 e. The van der Waals surface area contributed by atoms with Gasteiger partial charge in [-0.1, -0.05) is 54.6 Å². The molecular formula is C21H22N4. The number of hydrogen-bond donors (Lipinski definition) is 1. The largest absolute Gasteiger partial charge is 0.315 e. The van der Waals surface area contributed by atoms with E-state index in [1.165, 1.54) is 5.56 Å². The fourth-order valence-electron chi connectivity index (χ4n) is 2.66. The minimum atomic E-state index is 0.371. The molecule has 0 aliphatic carbocycles. The maximum Gasteiger partial charge on any atom is 0.203 e. The van der Waals surface area contributed by atoms with Crippen molar-refractivity contribution < 1.29 is 0 Å². The number of para-hydroxylation sites is 1. The maximum atomic E-state index is 8.48. The van der Waals surface area contributed by atoms with Crippen molar-refractivity contribution in [1.29, 1.82) is 5.41 Å². The highest BCUT2D eigenvalue weighted by molar-refractivity contribution is 6.03. The molecule has 2 aromatic carbocycles. The molecule has 0 amide bonds. The molecule has 0 radical (unpaired) electrons. The van der Waals surface area contributed by atoms with Crippen LogP contribution in [-0.2, 0) is 6.42 Å². The summed E-state index contributed by atoms with van der Waals surface area (Å²) in [6.07, 6.45) is 0.782. The molecular weight excluding hydrogens is 308 g/mol. The van der Waals surface area contributed by atoms with Crippen molar-refractivity contribution in [1.82, 2.24) is 4.98 Å². The van der Waals surface area contributed by atoms with E-state index in [1.807, 2.05) is 85.7 Å². The van der Waals surface area contributed by atoms with Gasteiger partial charge in [-0.2, -0.15) is 0 Å². The van der Waals surface area contributed by atoms with Gasteiger partial charge in [-0.15, -0.1) is 0 Å². The number of nitrogens with zero attached hydrogens (tertiary/aromatic N) is 3. The summed E-state index contributed by atoms with van der Waals surface area (Å²) in [5.41, 5.74) is 3.19. The van der Waals surface area contributed by atoms with Crippen molar-refractivity contribution in [3.8, 4) is 0 Å². The van der Waals surface area contributed by atoms with E-state index in [2.05, 4.69) is 12.1 Å². The number of benzene rings is 2. The first kappa shape index (κ1) is 16.7. The fourth-order valence-corrected chi connectivity index (χ4v) is 2.66. The third-order valence-electron chi connectivity index (χ3n) is 4.14. The molecule has 4 nitrogen and oxygen atoms in total. The summed E-state index contributed by atoms with van der Waals surface area (Å²) in [4.78, 5) is 8.36. The topological polar surface area (TPSA) is 43.2 Å². The first-order valence-electron chi connectivity index (χ1n) is 8.26. The predicted molar refractivity (Wildman–Crippen MR) is 104 cm³/mol. The van der Waals surface area contributed by atoms with Crippen molar-refractivity contribution >= 4 is 17.5 Å². The van der Waals surface area contributed by atoms with E-state index in [0.717, 1.165) is 23.6 Å². The van der Waals surface area contributed by atoms with Crippen LogP contribution in [0.1, 0.15) is 11.3 Å². The summed E-state index contributed by atoms with van der Waals surface area (Å²) < 4.78 is 0. The predicted octanol–water partition coefficient (Wildman–Crippen LogP) is 4.18. The second-order valence-corrected chi connectivity index (χ2v) is 5.93. The molecule has 1 aromatic heterocycles. The Bertz CT molecular complexity index is 831. The molecule has 0 atom stereocenters. The van der Waals surface area contributed by atoms with Crippen LogP contribution in [0.25, 0.3) is 0 Å². The van der Waals surface area contributed by atoms with E-state index in [4.69, 9.17) is 10.4 Å². The number of rotatable bonds is 4. The van der Waals surface area contributed by atoms with Gasteiger partial charge in [0.15, 0.2) is 0 Å². The molecule has 1 N–H and O–H groups in total. The number of anilines is 2. The summed E-state index contributed by atoms with van der Waals surface area (Å²) in [5, 5.41) is 8.48. The Balaban J connectivity index is 1.77. The van der Waals surface area contributed by atoms with Crippen LogP contribution in [0.5, 0.6) is 0 Å². The van der Waals surface area contributed by atoms with Crippen LogP contribution in [0.15, 0.2) is 78.9 Å². The Morgan fingerprint density at radius 3 is 2.12 bits per heavy atom. The summed E-state index contributed by atoms with van der Waals surface area (Å²) >= 11 is 0. The van der Waals surface area contributed by atoms with Gasteiger partial charge in [-0.3, -0.25) is 10.3 Å². The van der Waals surface area contributed by atoms with Crippen molar-refractivity contribution in [2.45, 2.75) is 6.42 Å². The van der Waals surface area contributed by atoms with Gasteiger partial charge in [0.2, 0.25) is 5.96 Å². The van der Waals surface area contributed by atoms with E-state index >= 15 is 0 Å². The molecule has 0 spiro atoms. The zero-order valence-corrected chi connectivity index (χ0v) is 14.6. The van der Waals surface area contributed by atoms with E-state index in [0.29, 0.717) is 5.96 Å². The summed E-state index contributed by atoms with van der Waals surface area (Å²) in [7, 11) is 3.76. The molecule has 126 valence electrons. The van der Waals surface area contributed by atoms with E-state index in [1.54, 1.807) is 4.90 Å². The average Bonchev–Trinajstić information content (AvgIpc) is 2.68. The maximum absolute atomic E-state index is 8.48. The van der Waals surface area contributed by atoms with Gasteiger partial charge >= 0.3 is 0 Å². The average molecular weight is 330 g/mol. The SMILES string of the molecule is CN(C(=N)N(C)c1cccc(Cc2ccccc2)n1)c1ccccc1. The van der Waals surface area contributed by atoms with Crippen LogP contribution >= 0.6 is 0 Å². The van der Waals surface area contributed by atoms with Crippen LogP contribution in [0.4, 0.5) is 11.5 Å². The van der Waals surface area contributed by atoms with Gasteiger partial charge in [0.1, 0.15) is 5.82 Å². The highest BCUT2D eigenvalue weighted by Gasteiger charge is 2.14. The van der Waals surface area contributed by atoms with E-state index in [-0.39, 0.29) is 0 Å². The van der Waals surface area contributed by atoms with Gasteiger partial charge in [0, 0.05) is 31.9 Å². The Labute approximate surface area is 148 Å². The van der Waals surface area contributed by atoms with Crippen molar-refractivity contribution in [3.05, 3.63) is 90.1 Å². The summed E-state index contributed by atoms with van der Waals surface area (Å²) in [6.45, 7) is 0. The second-order valence-electron chi connectivity index (χ2n) is 5.93. The highest BCUT2D eigenvalue weighted by Crippen LogP contribution is 2.17. The van der Waals surface area contributed by atoms with Crippen LogP contribution in [-0.4, -0.2) is 25.0 Å². The lowest BCUT2D eigenvalue weighted by Gasteiger charge is -2.27. The lowest BCUT2D eigenvalue weighted by atomic mass is 10.1. The highest BCUT2D eigenvalue weighted by atomic mass is 15.4. The van der Waals surface area contributed by atoms with Gasteiger partial charge in [0.25, 0.3) is 0 Å². The lowest BCUT2D eigenvalue weighted by Crippen LogP contribution is -2.40. The van der Waals surface area contributed by atoms with Gasteiger partial charge in [0.05, 0.1) is 0 Å². The molecule has 1 heterocycles. The molecule has 0 unspecified atom stereocenters. The zero-order valence-electron chi connectivity index (χ0n) is 14.6. The number of nitrogens with one attached hydrogen (secondary N) is 1.